The van der Waals surface area contributed by atoms with Crippen LogP contribution in [0.1, 0.15) is 11.1 Å². The molecule has 0 unspecified atom stereocenters. The van der Waals surface area contributed by atoms with Crippen LogP contribution in [0.3, 0.4) is 0 Å². The predicted molar refractivity (Wildman–Crippen MR) is 65.2 cm³/mol. The van der Waals surface area contributed by atoms with E-state index in [1.807, 2.05) is 12.3 Å². The lowest BCUT2D eigenvalue weighted by Crippen LogP contribution is -2.00. The second-order valence-corrected chi connectivity index (χ2v) is 4.53. The standard InChI is InChI=1S/C11H7FIN3/c12-11-2-1-8(3-9(11)4-14)6-16-7-10(13)5-15-16/h1-3,5,7H,6H2. The maximum absolute atomic E-state index is 13.1. The number of benzene rings is 1. The van der Waals surface area contributed by atoms with Crippen LogP contribution in [0, 0.1) is 20.7 Å². The topological polar surface area (TPSA) is 41.6 Å². The van der Waals surface area contributed by atoms with E-state index in [4.69, 9.17) is 5.26 Å². The third-order valence-corrected chi connectivity index (χ3v) is 2.65. The van der Waals surface area contributed by atoms with Crippen LogP contribution in [0.5, 0.6) is 0 Å². The number of nitrogens with zero attached hydrogens (tertiary/aromatic N) is 3. The van der Waals surface area contributed by atoms with Gasteiger partial charge in [0.1, 0.15) is 11.9 Å². The van der Waals surface area contributed by atoms with Gasteiger partial charge in [0.25, 0.3) is 0 Å². The molecule has 0 bridgehead atoms. The Morgan fingerprint density at radius 2 is 2.31 bits per heavy atom. The molecule has 0 spiro atoms. The monoisotopic (exact) mass is 327 g/mol. The van der Waals surface area contributed by atoms with Crippen LogP contribution in [-0.4, -0.2) is 9.78 Å². The lowest BCUT2D eigenvalue weighted by Gasteiger charge is -2.02. The first-order chi connectivity index (χ1) is 7.69. The summed E-state index contributed by atoms with van der Waals surface area (Å²) in [6.07, 6.45) is 3.63. The van der Waals surface area contributed by atoms with Crippen molar-refractivity contribution in [3.8, 4) is 6.07 Å². The van der Waals surface area contributed by atoms with Crippen LogP contribution in [0.25, 0.3) is 0 Å². The molecule has 0 aliphatic rings. The van der Waals surface area contributed by atoms with Gasteiger partial charge in [-0.1, -0.05) is 6.07 Å². The number of hydrogen-bond donors (Lipinski definition) is 0. The summed E-state index contributed by atoms with van der Waals surface area (Å²) in [7, 11) is 0. The first-order valence-corrected chi connectivity index (χ1v) is 5.63. The van der Waals surface area contributed by atoms with E-state index in [0.29, 0.717) is 6.54 Å². The van der Waals surface area contributed by atoms with Crippen LogP contribution in [0.15, 0.2) is 30.6 Å². The summed E-state index contributed by atoms with van der Waals surface area (Å²) in [5.41, 5.74) is 0.928. The van der Waals surface area contributed by atoms with Gasteiger partial charge in [0, 0.05) is 6.20 Å². The molecule has 0 saturated carbocycles. The Balaban J connectivity index is 2.26. The third-order valence-electron chi connectivity index (χ3n) is 2.10. The highest BCUT2D eigenvalue weighted by Gasteiger charge is 2.03. The minimum absolute atomic E-state index is 0.0688. The van der Waals surface area contributed by atoms with Crippen molar-refractivity contribution in [2.24, 2.45) is 0 Å². The van der Waals surface area contributed by atoms with E-state index in [1.54, 1.807) is 23.0 Å². The van der Waals surface area contributed by atoms with Gasteiger partial charge in [-0.15, -0.1) is 0 Å². The van der Waals surface area contributed by atoms with Gasteiger partial charge in [0.2, 0.25) is 0 Å². The summed E-state index contributed by atoms with van der Waals surface area (Å²) in [4.78, 5) is 0. The lowest BCUT2D eigenvalue weighted by molar-refractivity contribution is 0.620. The van der Waals surface area contributed by atoms with Crippen molar-refractivity contribution in [2.45, 2.75) is 6.54 Å². The fourth-order valence-corrected chi connectivity index (χ4v) is 1.81. The molecule has 0 N–H and O–H groups in total. The summed E-state index contributed by atoms with van der Waals surface area (Å²) < 4.78 is 15.9. The van der Waals surface area contributed by atoms with Crippen molar-refractivity contribution in [3.63, 3.8) is 0 Å². The Morgan fingerprint density at radius 3 is 2.94 bits per heavy atom. The van der Waals surface area contributed by atoms with Crippen molar-refractivity contribution in [1.82, 2.24) is 9.78 Å². The molecule has 0 radical (unpaired) electrons. The third kappa shape index (κ3) is 2.39. The summed E-state index contributed by atoms with van der Waals surface area (Å²) in [6.45, 7) is 0.540. The average Bonchev–Trinajstić information content (AvgIpc) is 2.67. The molecule has 0 saturated heterocycles. The van der Waals surface area contributed by atoms with Gasteiger partial charge in [0.15, 0.2) is 0 Å². The van der Waals surface area contributed by atoms with Crippen LogP contribution >= 0.6 is 22.6 Å². The van der Waals surface area contributed by atoms with E-state index in [9.17, 15) is 4.39 Å². The largest absolute Gasteiger partial charge is 0.267 e. The summed E-state index contributed by atoms with van der Waals surface area (Å²) in [5, 5.41) is 12.8. The predicted octanol–water partition coefficient (Wildman–Crippen LogP) is 2.55. The van der Waals surface area contributed by atoms with Crippen LogP contribution in [-0.2, 0) is 6.54 Å². The van der Waals surface area contributed by atoms with Crippen molar-refractivity contribution in [2.75, 3.05) is 0 Å². The van der Waals surface area contributed by atoms with Crippen molar-refractivity contribution >= 4 is 22.6 Å². The molecule has 2 rings (SSSR count). The van der Waals surface area contributed by atoms with Gasteiger partial charge in [-0.05, 0) is 40.3 Å². The van der Waals surface area contributed by atoms with Gasteiger partial charge >= 0.3 is 0 Å². The molecule has 16 heavy (non-hydrogen) atoms. The first kappa shape index (κ1) is 11.1. The molecule has 1 aromatic heterocycles. The smallest absolute Gasteiger partial charge is 0.140 e. The fraction of sp³-hybridized carbons (Fsp3) is 0.0909. The number of nitriles is 1. The summed E-state index contributed by atoms with van der Waals surface area (Å²) >= 11 is 2.17. The van der Waals surface area contributed by atoms with Gasteiger partial charge in [-0.25, -0.2) is 4.39 Å². The van der Waals surface area contributed by atoms with E-state index < -0.39 is 5.82 Å². The van der Waals surface area contributed by atoms with Crippen molar-refractivity contribution in [1.29, 1.82) is 5.26 Å². The van der Waals surface area contributed by atoms with Crippen LogP contribution in [0.2, 0.25) is 0 Å². The Hall–Kier alpha value is -1.42. The molecule has 2 aromatic rings. The van der Waals surface area contributed by atoms with E-state index in [2.05, 4.69) is 27.7 Å². The number of rotatable bonds is 2. The number of aromatic nitrogens is 2. The molecule has 0 aliphatic heterocycles. The molecular weight excluding hydrogens is 320 g/mol. The zero-order valence-electron chi connectivity index (χ0n) is 8.19. The Morgan fingerprint density at radius 1 is 1.50 bits per heavy atom. The maximum atomic E-state index is 13.1. The summed E-state index contributed by atoms with van der Waals surface area (Å²) in [6, 6.07) is 6.33. The zero-order chi connectivity index (χ0) is 11.5. The molecule has 0 atom stereocenters. The van der Waals surface area contributed by atoms with Crippen molar-refractivity contribution in [3.05, 3.63) is 51.1 Å². The second-order valence-electron chi connectivity index (χ2n) is 3.28. The van der Waals surface area contributed by atoms with Gasteiger partial charge in [0.05, 0.1) is 21.9 Å². The van der Waals surface area contributed by atoms with Gasteiger partial charge in [-0.2, -0.15) is 10.4 Å². The number of hydrogen-bond acceptors (Lipinski definition) is 2. The van der Waals surface area contributed by atoms with E-state index in [0.717, 1.165) is 9.13 Å². The minimum Gasteiger partial charge on any atom is -0.267 e. The highest BCUT2D eigenvalue weighted by molar-refractivity contribution is 14.1. The lowest BCUT2D eigenvalue weighted by atomic mass is 10.1. The molecule has 0 fully saturated rings. The Bertz CT molecular complexity index is 557. The highest BCUT2D eigenvalue weighted by Crippen LogP contribution is 2.11. The molecule has 0 amide bonds. The first-order valence-electron chi connectivity index (χ1n) is 4.55. The summed E-state index contributed by atoms with van der Waals surface area (Å²) in [5.74, 6) is -0.485. The van der Waals surface area contributed by atoms with E-state index in [1.165, 1.54) is 6.07 Å². The normalized spacial score (nSPS) is 10.1. The highest BCUT2D eigenvalue weighted by atomic mass is 127. The molecule has 1 heterocycles. The molecular formula is C11H7FIN3. The average molecular weight is 327 g/mol. The van der Waals surface area contributed by atoms with E-state index in [-0.39, 0.29) is 5.56 Å². The quantitative estimate of drug-likeness (QED) is 0.796. The number of halogens is 2. The molecule has 3 nitrogen and oxygen atoms in total. The van der Waals surface area contributed by atoms with Crippen LogP contribution < -0.4 is 0 Å². The van der Waals surface area contributed by atoms with Crippen molar-refractivity contribution < 1.29 is 4.39 Å². The molecule has 0 aliphatic carbocycles. The van der Waals surface area contributed by atoms with Crippen LogP contribution in [0.4, 0.5) is 4.39 Å². The van der Waals surface area contributed by atoms with E-state index >= 15 is 0 Å². The molecule has 80 valence electrons. The molecule has 5 heteroatoms. The second kappa shape index (κ2) is 4.61. The Labute approximate surface area is 106 Å². The SMILES string of the molecule is N#Cc1cc(Cn2cc(I)cn2)ccc1F. The maximum Gasteiger partial charge on any atom is 0.140 e. The fourth-order valence-electron chi connectivity index (χ4n) is 1.37. The van der Waals surface area contributed by atoms with Gasteiger partial charge < -0.3 is 0 Å². The van der Waals surface area contributed by atoms with Gasteiger partial charge in [-0.3, -0.25) is 4.68 Å². The minimum atomic E-state index is -0.485. The molecule has 1 aromatic carbocycles. The Kier molecular flexibility index (Phi) is 3.19. The zero-order valence-corrected chi connectivity index (χ0v) is 10.3.